The normalized spacial score (nSPS) is 10.5. The van der Waals surface area contributed by atoms with Crippen molar-refractivity contribution in [1.29, 1.82) is 0 Å². The van der Waals surface area contributed by atoms with Crippen LogP contribution in [0.2, 0.25) is 10.0 Å². The van der Waals surface area contributed by atoms with Gasteiger partial charge in [-0.3, -0.25) is 4.79 Å². The number of hydrazone groups is 1. The zero-order chi connectivity index (χ0) is 21.9. The Bertz CT molecular complexity index is 922. The number of halogens is 2. The summed E-state index contributed by atoms with van der Waals surface area (Å²) < 4.78 is 16.5. The van der Waals surface area contributed by atoms with Crippen LogP contribution in [0.5, 0.6) is 17.2 Å². The summed E-state index contributed by atoms with van der Waals surface area (Å²) in [5.74, 6) is 0.941. The van der Waals surface area contributed by atoms with E-state index in [4.69, 9.17) is 37.4 Å². The zero-order valence-electron chi connectivity index (χ0n) is 16.5. The highest BCUT2D eigenvalue weighted by molar-refractivity contribution is 6.37. The molecule has 6 nitrogen and oxygen atoms in total. The van der Waals surface area contributed by atoms with Gasteiger partial charge in [0.25, 0.3) is 5.91 Å². The van der Waals surface area contributed by atoms with Crippen LogP contribution in [0.1, 0.15) is 22.8 Å². The molecule has 0 heterocycles. The molecule has 1 amide bonds. The highest BCUT2D eigenvalue weighted by atomic mass is 35.5. The first kappa shape index (κ1) is 23.3. The number of carbonyl (C=O) groups excluding carboxylic acids is 1. The molecule has 0 aliphatic carbocycles. The fraction of sp³-hybridized carbons (Fsp3) is 0.182. The third-order valence-corrected chi connectivity index (χ3v) is 4.17. The summed E-state index contributed by atoms with van der Waals surface area (Å²) in [6.07, 6.45) is 4.65. The predicted molar refractivity (Wildman–Crippen MR) is 121 cm³/mol. The molecule has 0 aliphatic rings. The molecule has 0 atom stereocenters. The van der Waals surface area contributed by atoms with E-state index in [1.165, 1.54) is 6.21 Å². The van der Waals surface area contributed by atoms with E-state index in [0.29, 0.717) is 51.6 Å². The monoisotopic (exact) mass is 448 g/mol. The SMILES string of the molecule is C=CCOc1ccc(C(=O)N/N=C/c2cc(Cl)c(OCC=C)c(Cl)c2)cc1OCC. The molecule has 0 saturated carbocycles. The van der Waals surface area contributed by atoms with Gasteiger partial charge in [-0.05, 0) is 42.8 Å². The van der Waals surface area contributed by atoms with Crippen molar-refractivity contribution in [3.63, 3.8) is 0 Å². The zero-order valence-corrected chi connectivity index (χ0v) is 18.0. The van der Waals surface area contributed by atoms with E-state index in [1.54, 1.807) is 42.5 Å². The minimum atomic E-state index is -0.411. The third kappa shape index (κ3) is 6.54. The Morgan fingerprint density at radius 3 is 2.33 bits per heavy atom. The molecule has 0 radical (unpaired) electrons. The molecule has 0 aromatic heterocycles. The summed E-state index contributed by atoms with van der Waals surface area (Å²) in [5.41, 5.74) is 3.42. The molecule has 0 spiro atoms. The van der Waals surface area contributed by atoms with E-state index in [1.807, 2.05) is 6.92 Å². The van der Waals surface area contributed by atoms with Crippen molar-refractivity contribution >= 4 is 35.3 Å². The first-order valence-corrected chi connectivity index (χ1v) is 9.82. The van der Waals surface area contributed by atoms with Gasteiger partial charge in [-0.15, -0.1) is 0 Å². The first-order chi connectivity index (χ1) is 14.5. The van der Waals surface area contributed by atoms with E-state index in [2.05, 4.69) is 23.7 Å². The van der Waals surface area contributed by atoms with E-state index in [0.717, 1.165) is 0 Å². The van der Waals surface area contributed by atoms with E-state index in [-0.39, 0.29) is 6.61 Å². The van der Waals surface area contributed by atoms with Gasteiger partial charge in [-0.25, -0.2) is 5.43 Å². The van der Waals surface area contributed by atoms with Crippen LogP contribution < -0.4 is 19.6 Å². The summed E-state index contributed by atoms with van der Waals surface area (Å²) in [7, 11) is 0. The first-order valence-electron chi connectivity index (χ1n) is 9.06. The molecule has 2 aromatic rings. The Balaban J connectivity index is 2.09. The molecule has 2 rings (SSSR count). The molecular weight excluding hydrogens is 427 g/mol. The number of ether oxygens (including phenoxy) is 3. The van der Waals surface area contributed by atoms with Gasteiger partial charge in [-0.1, -0.05) is 48.5 Å². The lowest BCUT2D eigenvalue weighted by Crippen LogP contribution is -2.17. The molecule has 2 aromatic carbocycles. The van der Waals surface area contributed by atoms with Crippen LogP contribution >= 0.6 is 23.2 Å². The minimum Gasteiger partial charge on any atom is -0.490 e. The number of nitrogens with one attached hydrogen (secondary N) is 1. The Morgan fingerprint density at radius 1 is 1.03 bits per heavy atom. The lowest BCUT2D eigenvalue weighted by Gasteiger charge is -2.12. The van der Waals surface area contributed by atoms with Gasteiger partial charge in [0, 0.05) is 5.56 Å². The Kier molecular flexibility index (Phi) is 9.25. The molecule has 0 fully saturated rings. The second kappa shape index (κ2) is 11.9. The molecule has 158 valence electrons. The van der Waals surface area contributed by atoms with Crippen molar-refractivity contribution in [3.8, 4) is 17.2 Å². The van der Waals surface area contributed by atoms with Crippen LogP contribution in [0, 0.1) is 0 Å². The van der Waals surface area contributed by atoms with Crippen molar-refractivity contribution in [1.82, 2.24) is 5.43 Å². The van der Waals surface area contributed by atoms with E-state index >= 15 is 0 Å². The van der Waals surface area contributed by atoms with E-state index in [9.17, 15) is 4.79 Å². The number of amides is 1. The van der Waals surface area contributed by atoms with Crippen LogP contribution in [0.15, 0.2) is 60.7 Å². The summed E-state index contributed by atoms with van der Waals surface area (Å²) in [4.78, 5) is 12.4. The number of rotatable bonds is 11. The third-order valence-electron chi connectivity index (χ3n) is 3.61. The molecule has 0 bridgehead atoms. The number of hydrogen-bond donors (Lipinski definition) is 1. The van der Waals surface area contributed by atoms with Gasteiger partial charge in [0.05, 0.1) is 22.9 Å². The molecule has 0 unspecified atom stereocenters. The summed E-state index contributed by atoms with van der Waals surface area (Å²) in [6.45, 7) is 10.1. The van der Waals surface area contributed by atoms with Crippen LogP contribution in [-0.4, -0.2) is 31.9 Å². The second-order valence-electron chi connectivity index (χ2n) is 5.81. The van der Waals surface area contributed by atoms with Crippen LogP contribution in [0.25, 0.3) is 0 Å². The van der Waals surface area contributed by atoms with Crippen LogP contribution in [0.3, 0.4) is 0 Å². The fourth-order valence-corrected chi connectivity index (χ4v) is 2.96. The van der Waals surface area contributed by atoms with Crippen LogP contribution in [-0.2, 0) is 0 Å². The fourth-order valence-electron chi connectivity index (χ4n) is 2.35. The van der Waals surface area contributed by atoms with Crippen molar-refractivity contribution in [2.24, 2.45) is 5.10 Å². The van der Waals surface area contributed by atoms with Gasteiger partial charge in [0.1, 0.15) is 13.2 Å². The maximum atomic E-state index is 12.4. The van der Waals surface area contributed by atoms with Crippen molar-refractivity contribution in [2.45, 2.75) is 6.92 Å². The Labute approximate surface area is 185 Å². The summed E-state index contributed by atoms with van der Waals surface area (Å²) in [6, 6.07) is 8.12. The second-order valence-corrected chi connectivity index (χ2v) is 6.62. The maximum Gasteiger partial charge on any atom is 0.271 e. The van der Waals surface area contributed by atoms with Crippen molar-refractivity contribution < 1.29 is 19.0 Å². The van der Waals surface area contributed by atoms with Crippen molar-refractivity contribution in [2.75, 3.05) is 19.8 Å². The Morgan fingerprint density at radius 2 is 1.70 bits per heavy atom. The highest BCUT2D eigenvalue weighted by Crippen LogP contribution is 2.34. The predicted octanol–water partition coefficient (Wildman–Crippen LogP) is 5.29. The number of nitrogens with zero attached hydrogens (tertiary/aromatic N) is 1. The van der Waals surface area contributed by atoms with Gasteiger partial charge in [0.2, 0.25) is 0 Å². The average molecular weight is 449 g/mol. The topological polar surface area (TPSA) is 69.2 Å². The number of benzene rings is 2. The number of hydrogen-bond acceptors (Lipinski definition) is 5. The molecular formula is C22H22Cl2N2O4. The molecule has 8 heteroatoms. The number of carbonyl (C=O) groups is 1. The molecule has 30 heavy (non-hydrogen) atoms. The lowest BCUT2D eigenvalue weighted by atomic mass is 10.2. The summed E-state index contributed by atoms with van der Waals surface area (Å²) >= 11 is 12.4. The van der Waals surface area contributed by atoms with E-state index < -0.39 is 5.91 Å². The highest BCUT2D eigenvalue weighted by Gasteiger charge is 2.12. The van der Waals surface area contributed by atoms with Gasteiger partial charge in [-0.2, -0.15) is 5.10 Å². The van der Waals surface area contributed by atoms with Gasteiger partial charge in [0.15, 0.2) is 17.2 Å². The van der Waals surface area contributed by atoms with Crippen LogP contribution in [0.4, 0.5) is 0 Å². The standard InChI is InChI=1S/C22H22Cl2N2O4/c1-4-9-29-19-8-7-16(13-20(19)28-6-3)22(27)26-25-14-15-11-17(23)21(18(24)12-15)30-10-5-2/h4-5,7-8,11-14H,1-2,6,9-10H2,3H3,(H,26,27)/b25-14+. The summed E-state index contributed by atoms with van der Waals surface area (Å²) in [5, 5.41) is 4.61. The molecule has 0 saturated heterocycles. The largest absolute Gasteiger partial charge is 0.490 e. The van der Waals surface area contributed by atoms with Gasteiger partial charge >= 0.3 is 0 Å². The minimum absolute atomic E-state index is 0.282. The molecule has 0 aliphatic heterocycles. The molecule has 1 N–H and O–H groups in total. The van der Waals surface area contributed by atoms with Gasteiger partial charge < -0.3 is 14.2 Å². The average Bonchev–Trinajstić information content (AvgIpc) is 2.72. The Hall–Kier alpha value is -2.96. The lowest BCUT2D eigenvalue weighted by molar-refractivity contribution is 0.0954. The maximum absolute atomic E-state index is 12.4. The quantitative estimate of drug-likeness (QED) is 0.288. The smallest absolute Gasteiger partial charge is 0.271 e. The van der Waals surface area contributed by atoms with Crippen molar-refractivity contribution in [3.05, 3.63) is 76.8 Å².